The first kappa shape index (κ1) is 19.2. The minimum absolute atomic E-state index is 0.0791. The van der Waals surface area contributed by atoms with Crippen molar-refractivity contribution in [3.05, 3.63) is 77.3 Å². The molecule has 1 amide bonds. The second kappa shape index (κ2) is 9.43. The fraction of sp³-hybridized carbons (Fsp3) is 0.261. The minimum Gasteiger partial charge on any atom is -0.480 e. The van der Waals surface area contributed by atoms with Gasteiger partial charge in [0, 0.05) is 17.0 Å². The zero-order valence-corrected chi connectivity index (χ0v) is 16.2. The quantitative estimate of drug-likeness (QED) is 0.530. The van der Waals surface area contributed by atoms with Gasteiger partial charge in [0.05, 0.1) is 0 Å². The van der Waals surface area contributed by atoms with Gasteiger partial charge < -0.3 is 10.1 Å². The van der Waals surface area contributed by atoms with Crippen molar-refractivity contribution in [2.24, 2.45) is 0 Å². The van der Waals surface area contributed by atoms with Crippen LogP contribution in [0.4, 0.5) is 0 Å². The number of benzene rings is 3. The SMILES string of the molecule is CC[C@H](Oc1cccc2ccccc12)C(=O)NCCCc1ccccc1Cl. The zero-order valence-electron chi connectivity index (χ0n) is 15.5. The standard InChI is InChI=1S/C23H24ClNO2/c1-2-21(27-22-15-7-11-17-9-3-5-13-19(17)22)23(26)25-16-8-12-18-10-4-6-14-20(18)24/h3-7,9-11,13-15,21H,2,8,12,16H2,1H3,(H,25,26)/t21-/m0/s1. The molecule has 3 rings (SSSR count). The molecule has 0 aliphatic rings. The van der Waals surface area contributed by atoms with Crippen molar-refractivity contribution < 1.29 is 9.53 Å². The number of nitrogens with one attached hydrogen (secondary N) is 1. The second-order valence-corrected chi connectivity index (χ2v) is 6.89. The first-order valence-corrected chi connectivity index (χ1v) is 9.72. The van der Waals surface area contributed by atoms with E-state index in [0.29, 0.717) is 13.0 Å². The van der Waals surface area contributed by atoms with Crippen molar-refractivity contribution >= 4 is 28.3 Å². The maximum atomic E-state index is 12.5. The average Bonchev–Trinajstić information content (AvgIpc) is 2.70. The van der Waals surface area contributed by atoms with E-state index in [0.717, 1.165) is 39.9 Å². The molecule has 3 aromatic carbocycles. The van der Waals surface area contributed by atoms with Crippen molar-refractivity contribution in [3.63, 3.8) is 0 Å². The Bertz CT molecular complexity index is 904. The number of fused-ring (bicyclic) bond motifs is 1. The Balaban J connectivity index is 1.55. The summed E-state index contributed by atoms with van der Waals surface area (Å²) in [5.41, 5.74) is 1.10. The molecule has 3 nitrogen and oxygen atoms in total. The van der Waals surface area contributed by atoms with Crippen molar-refractivity contribution in [2.45, 2.75) is 32.3 Å². The Morgan fingerprint density at radius 2 is 1.78 bits per heavy atom. The summed E-state index contributed by atoms with van der Waals surface area (Å²) in [4.78, 5) is 12.5. The highest BCUT2D eigenvalue weighted by molar-refractivity contribution is 6.31. The van der Waals surface area contributed by atoms with Crippen LogP contribution in [0.1, 0.15) is 25.3 Å². The van der Waals surface area contributed by atoms with Gasteiger partial charge in [-0.25, -0.2) is 0 Å². The summed E-state index contributed by atoms with van der Waals surface area (Å²) in [6.07, 6.45) is 1.77. The molecule has 0 saturated heterocycles. The van der Waals surface area contributed by atoms with Gasteiger partial charge in [0.1, 0.15) is 5.75 Å². The molecule has 4 heteroatoms. The van der Waals surface area contributed by atoms with Gasteiger partial charge in [-0.05, 0) is 42.3 Å². The Kier molecular flexibility index (Phi) is 6.72. The van der Waals surface area contributed by atoms with Gasteiger partial charge in [0.2, 0.25) is 0 Å². The molecule has 0 fully saturated rings. The van der Waals surface area contributed by atoms with E-state index in [1.54, 1.807) is 0 Å². The summed E-state index contributed by atoms with van der Waals surface area (Å²) in [7, 11) is 0. The van der Waals surface area contributed by atoms with Crippen LogP contribution in [0.15, 0.2) is 66.7 Å². The first-order chi connectivity index (χ1) is 13.2. The third-order valence-electron chi connectivity index (χ3n) is 4.56. The average molecular weight is 382 g/mol. The third-order valence-corrected chi connectivity index (χ3v) is 4.93. The number of hydrogen-bond acceptors (Lipinski definition) is 2. The summed E-state index contributed by atoms with van der Waals surface area (Å²) >= 11 is 6.17. The lowest BCUT2D eigenvalue weighted by atomic mass is 10.1. The maximum absolute atomic E-state index is 12.5. The number of ether oxygens (including phenoxy) is 1. The van der Waals surface area contributed by atoms with Gasteiger partial charge >= 0.3 is 0 Å². The van der Waals surface area contributed by atoms with Gasteiger partial charge in [-0.3, -0.25) is 4.79 Å². The van der Waals surface area contributed by atoms with Crippen LogP contribution in [0.5, 0.6) is 5.75 Å². The summed E-state index contributed by atoms with van der Waals surface area (Å²) in [5.74, 6) is 0.663. The molecule has 1 N–H and O–H groups in total. The van der Waals surface area contributed by atoms with Crippen LogP contribution in [-0.4, -0.2) is 18.6 Å². The van der Waals surface area contributed by atoms with E-state index in [4.69, 9.17) is 16.3 Å². The lowest BCUT2D eigenvalue weighted by molar-refractivity contribution is -0.128. The molecular weight excluding hydrogens is 358 g/mol. The molecule has 0 bridgehead atoms. The maximum Gasteiger partial charge on any atom is 0.261 e. The van der Waals surface area contributed by atoms with E-state index in [1.165, 1.54) is 0 Å². The van der Waals surface area contributed by atoms with Crippen LogP contribution in [0, 0.1) is 0 Å². The van der Waals surface area contributed by atoms with Gasteiger partial charge in [-0.2, -0.15) is 0 Å². The van der Waals surface area contributed by atoms with Crippen molar-refractivity contribution in [1.29, 1.82) is 0 Å². The Labute approximate surface area is 165 Å². The molecule has 0 aliphatic heterocycles. The molecule has 27 heavy (non-hydrogen) atoms. The van der Waals surface area contributed by atoms with Gasteiger partial charge in [0.25, 0.3) is 5.91 Å². The monoisotopic (exact) mass is 381 g/mol. The zero-order chi connectivity index (χ0) is 19.1. The number of amides is 1. The van der Waals surface area contributed by atoms with Crippen LogP contribution in [-0.2, 0) is 11.2 Å². The topological polar surface area (TPSA) is 38.3 Å². The normalized spacial score (nSPS) is 11.9. The molecule has 3 aromatic rings. The van der Waals surface area contributed by atoms with Crippen LogP contribution >= 0.6 is 11.6 Å². The number of carbonyl (C=O) groups is 1. The highest BCUT2D eigenvalue weighted by Gasteiger charge is 2.18. The molecular formula is C23H24ClNO2. The summed E-state index contributed by atoms with van der Waals surface area (Å²) < 4.78 is 6.04. The summed E-state index contributed by atoms with van der Waals surface area (Å²) in [5, 5.41) is 5.88. The van der Waals surface area contributed by atoms with Crippen LogP contribution in [0.3, 0.4) is 0 Å². The number of halogens is 1. The molecule has 0 radical (unpaired) electrons. The first-order valence-electron chi connectivity index (χ1n) is 9.34. The molecule has 0 heterocycles. The highest BCUT2D eigenvalue weighted by atomic mass is 35.5. The summed E-state index contributed by atoms with van der Waals surface area (Å²) in [6, 6.07) is 21.7. The minimum atomic E-state index is -0.504. The van der Waals surface area contributed by atoms with E-state index in [9.17, 15) is 4.79 Å². The largest absolute Gasteiger partial charge is 0.480 e. The van der Waals surface area contributed by atoms with E-state index >= 15 is 0 Å². The smallest absolute Gasteiger partial charge is 0.261 e. The van der Waals surface area contributed by atoms with Crippen LogP contribution < -0.4 is 10.1 Å². The molecule has 0 aromatic heterocycles. The molecule has 0 unspecified atom stereocenters. The second-order valence-electron chi connectivity index (χ2n) is 6.48. The van der Waals surface area contributed by atoms with Crippen LogP contribution in [0.2, 0.25) is 5.02 Å². The molecule has 140 valence electrons. The van der Waals surface area contributed by atoms with E-state index in [1.807, 2.05) is 73.7 Å². The summed E-state index contributed by atoms with van der Waals surface area (Å²) in [6.45, 7) is 2.55. The predicted molar refractivity (Wildman–Crippen MR) is 111 cm³/mol. The fourth-order valence-corrected chi connectivity index (χ4v) is 3.31. The Morgan fingerprint density at radius 1 is 1.04 bits per heavy atom. The van der Waals surface area contributed by atoms with Crippen molar-refractivity contribution in [1.82, 2.24) is 5.32 Å². The lowest BCUT2D eigenvalue weighted by Gasteiger charge is -2.18. The highest BCUT2D eigenvalue weighted by Crippen LogP contribution is 2.26. The molecule has 0 spiro atoms. The number of rotatable bonds is 8. The molecule has 1 atom stereocenters. The Morgan fingerprint density at radius 3 is 2.59 bits per heavy atom. The van der Waals surface area contributed by atoms with E-state index in [-0.39, 0.29) is 5.91 Å². The predicted octanol–water partition coefficient (Wildman–Crippen LogP) is 5.40. The molecule has 0 aliphatic carbocycles. The van der Waals surface area contributed by atoms with Gasteiger partial charge in [-0.1, -0.05) is 73.1 Å². The lowest BCUT2D eigenvalue weighted by Crippen LogP contribution is -2.38. The fourth-order valence-electron chi connectivity index (χ4n) is 3.08. The number of aryl methyl sites for hydroxylation is 1. The number of carbonyl (C=O) groups excluding carboxylic acids is 1. The van der Waals surface area contributed by atoms with E-state index < -0.39 is 6.10 Å². The van der Waals surface area contributed by atoms with Gasteiger partial charge in [-0.15, -0.1) is 0 Å². The molecule has 0 saturated carbocycles. The number of hydrogen-bond donors (Lipinski definition) is 1. The van der Waals surface area contributed by atoms with E-state index in [2.05, 4.69) is 5.32 Å². The third kappa shape index (κ3) is 5.01. The van der Waals surface area contributed by atoms with Crippen LogP contribution in [0.25, 0.3) is 10.8 Å². The van der Waals surface area contributed by atoms with Crippen molar-refractivity contribution in [3.8, 4) is 5.75 Å². The Hall–Kier alpha value is -2.52. The van der Waals surface area contributed by atoms with Gasteiger partial charge in [0.15, 0.2) is 6.10 Å². The van der Waals surface area contributed by atoms with Crippen molar-refractivity contribution in [2.75, 3.05) is 6.54 Å².